The van der Waals surface area contributed by atoms with Gasteiger partial charge in [0.25, 0.3) is 0 Å². The molecule has 15 heavy (non-hydrogen) atoms. The largest absolute Gasteiger partial charge is 0.489 e. The van der Waals surface area contributed by atoms with Gasteiger partial charge in [-0.2, -0.15) is 0 Å². The average molecular weight is 209 g/mol. The van der Waals surface area contributed by atoms with Gasteiger partial charge in [-0.05, 0) is 26.0 Å². The van der Waals surface area contributed by atoms with Crippen LogP contribution in [0.25, 0.3) is 0 Å². The van der Waals surface area contributed by atoms with Crippen molar-refractivity contribution in [1.82, 2.24) is 4.98 Å². The summed E-state index contributed by atoms with van der Waals surface area (Å²) in [6.07, 6.45) is 3.33. The van der Waals surface area contributed by atoms with Crippen molar-refractivity contribution < 1.29 is 14.3 Å². The fraction of sp³-hybridized carbons (Fsp3) is 0.455. The Balaban J connectivity index is 2.36. The molecule has 1 unspecified atom stereocenters. The van der Waals surface area contributed by atoms with Gasteiger partial charge >= 0.3 is 5.97 Å². The Morgan fingerprint density at radius 3 is 3.00 bits per heavy atom. The lowest BCUT2D eigenvalue weighted by atomic mass is 10.3. The van der Waals surface area contributed by atoms with Crippen molar-refractivity contribution in [2.24, 2.45) is 0 Å². The Labute approximate surface area is 89.2 Å². The highest BCUT2D eigenvalue weighted by Gasteiger charge is 2.10. The van der Waals surface area contributed by atoms with Crippen LogP contribution in [-0.4, -0.2) is 23.7 Å². The van der Waals surface area contributed by atoms with Crippen LogP contribution in [0.3, 0.4) is 0 Å². The Kier molecular flexibility index (Phi) is 4.60. The molecule has 0 amide bonds. The van der Waals surface area contributed by atoms with Gasteiger partial charge in [0.2, 0.25) is 0 Å². The molecule has 4 nitrogen and oxygen atoms in total. The number of ether oxygens (including phenoxy) is 2. The van der Waals surface area contributed by atoms with Crippen LogP contribution >= 0.6 is 0 Å². The second-order valence-corrected chi connectivity index (χ2v) is 3.13. The van der Waals surface area contributed by atoms with E-state index in [0.29, 0.717) is 12.4 Å². The SMILES string of the molecule is CCOC(=O)CC(C)Oc1cccnc1. The fourth-order valence-corrected chi connectivity index (χ4v) is 1.15. The van der Waals surface area contributed by atoms with Crippen LogP contribution in [0.2, 0.25) is 0 Å². The number of pyridine rings is 1. The molecule has 0 saturated heterocycles. The minimum atomic E-state index is -0.242. The fourth-order valence-electron chi connectivity index (χ4n) is 1.15. The topological polar surface area (TPSA) is 48.4 Å². The van der Waals surface area contributed by atoms with Gasteiger partial charge in [-0.3, -0.25) is 9.78 Å². The van der Waals surface area contributed by atoms with Crippen molar-refractivity contribution in [2.45, 2.75) is 26.4 Å². The van der Waals surface area contributed by atoms with E-state index in [1.165, 1.54) is 0 Å². The maximum atomic E-state index is 11.1. The zero-order valence-electron chi connectivity index (χ0n) is 8.97. The third-order valence-corrected chi connectivity index (χ3v) is 1.73. The minimum absolute atomic E-state index is 0.201. The van der Waals surface area contributed by atoms with E-state index >= 15 is 0 Å². The van der Waals surface area contributed by atoms with Crippen LogP contribution in [0.5, 0.6) is 5.75 Å². The molecule has 0 radical (unpaired) electrons. The molecule has 0 spiro atoms. The quantitative estimate of drug-likeness (QED) is 0.694. The Hall–Kier alpha value is -1.58. The van der Waals surface area contributed by atoms with Crippen molar-refractivity contribution in [3.8, 4) is 5.75 Å². The van der Waals surface area contributed by atoms with Gasteiger partial charge < -0.3 is 9.47 Å². The molecule has 0 bridgehead atoms. The van der Waals surface area contributed by atoms with Crippen molar-refractivity contribution in [1.29, 1.82) is 0 Å². The van der Waals surface area contributed by atoms with Crippen molar-refractivity contribution in [3.63, 3.8) is 0 Å². The second-order valence-electron chi connectivity index (χ2n) is 3.13. The summed E-state index contributed by atoms with van der Waals surface area (Å²) in [6, 6.07) is 3.58. The van der Waals surface area contributed by atoms with Gasteiger partial charge in [-0.25, -0.2) is 0 Å². The van der Waals surface area contributed by atoms with E-state index in [9.17, 15) is 4.79 Å². The monoisotopic (exact) mass is 209 g/mol. The first kappa shape index (κ1) is 11.5. The molecule has 1 rings (SSSR count). The maximum absolute atomic E-state index is 11.1. The van der Waals surface area contributed by atoms with Crippen LogP contribution in [0.4, 0.5) is 0 Å². The molecular weight excluding hydrogens is 194 g/mol. The molecule has 0 saturated carbocycles. The normalized spacial score (nSPS) is 11.9. The number of esters is 1. The molecule has 0 aliphatic rings. The highest BCUT2D eigenvalue weighted by molar-refractivity contribution is 5.69. The molecule has 0 aliphatic carbocycles. The van der Waals surface area contributed by atoms with E-state index in [1.54, 1.807) is 31.5 Å². The van der Waals surface area contributed by atoms with Crippen LogP contribution in [0.1, 0.15) is 20.3 Å². The summed E-state index contributed by atoms with van der Waals surface area (Å²) in [4.78, 5) is 15.0. The lowest BCUT2D eigenvalue weighted by Crippen LogP contribution is -2.18. The van der Waals surface area contributed by atoms with E-state index in [-0.39, 0.29) is 18.5 Å². The van der Waals surface area contributed by atoms with E-state index in [2.05, 4.69) is 4.98 Å². The smallest absolute Gasteiger partial charge is 0.309 e. The molecule has 0 aliphatic heterocycles. The summed E-state index contributed by atoms with van der Waals surface area (Å²) in [7, 11) is 0. The molecule has 1 atom stereocenters. The number of nitrogens with zero attached hydrogens (tertiary/aromatic N) is 1. The molecule has 1 aromatic rings. The predicted octanol–water partition coefficient (Wildman–Crippen LogP) is 1.80. The van der Waals surface area contributed by atoms with Gasteiger partial charge in [0.1, 0.15) is 11.9 Å². The Bertz CT molecular complexity index is 300. The number of hydrogen-bond donors (Lipinski definition) is 0. The molecule has 4 heteroatoms. The van der Waals surface area contributed by atoms with Gasteiger partial charge in [-0.1, -0.05) is 0 Å². The zero-order chi connectivity index (χ0) is 11.1. The summed E-state index contributed by atoms with van der Waals surface area (Å²) < 4.78 is 10.3. The van der Waals surface area contributed by atoms with Crippen LogP contribution < -0.4 is 4.74 Å². The number of aromatic nitrogens is 1. The number of carbonyl (C=O) groups is 1. The molecule has 82 valence electrons. The lowest BCUT2D eigenvalue weighted by molar-refractivity contribution is -0.144. The van der Waals surface area contributed by atoms with Crippen molar-refractivity contribution in [3.05, 3.63) is 24.5 Å². The molecule has 0 fully saturated rings. The van der Waals surface area contributed by atoms with Gasteiger partial charge in [0.05, 0.1) is 19.2 Å². The first-order chi connectivity index (χ1) is 7.22. The van der Waals surface area contributed by atoms with Crippen LogP contribution in [0.15, 0.2) is 24.5 Å². The summed E-state index contributed by atoms with van der Waals surface area (Å²) in [5.74, 6) is 0.420. The van der Waals surface area contributed by atoms with E-state index in [0.717, 1.165) is 0 Å². The van der Waals surface area contributed by atoms with Crippen molar-refractivity contribution in [2.75, 3.05) is 6.61 Å². The molecule has 1 aromatic heterocycles. The van der Waals surface area contributed by atoms with Crippen LogP contribution in [-0.2, 0) is 9.53 Å². The third kappa shape index (κ3) is 4.44. The predicted molar refractivity (Wildman–Crippen MR) is 55.6 cm³/mol. The van der Waals surface area contributed by atoms with E-state index in [1.807, 2.05) is 6.92 Å². The summed E-state index contributed by atoms with van der Waals surface area (Å²) in [5.41, 5.74) is 0. The standard InChI is InChI=1S/C11H15NO3/c1-3-14-11(13)7-9(2)15-10-5-4-6-12-8-10/h4-6,8-9H,3,7H2,1-2H3. The molecular formula is C11H15NO3. The average Bonchev–Trinajstić information content (AvgIpc) is 2.19. The van der Waals surface area contributed by atoms with Gasteiger partial charge in [0, 0.05) is 6.20 Å². The Morgan fingerprint density at radius 1 is 1.60 bits per heavy atom. The Morgan fingerprint density at radius 2 is 2.40 bits per heavy atom. The minimum Gasteiger partial charge on any atom is -0.489 e. The highest BCUT2D eigenvalue weighted by atomic mass is 16.5. The molecule has 0 aromatic carbocycles. The van der Waals surface area contributed by atoms with Gasteiger partial charge in [-0.15, -0.1) is 0 Å². The first-order valence-corrected chi connectivity index (χ1v) is 4.94. The summed E-state index contributed by atoms with van der Waals surface area (Å²) in [6.45, 7) is 4.01. The van der Waals surface area contributed by atoms with E-state index < -0.39 is 0 Å². The maximum Gasteiger partial charge on any atom is 0.309 e. The first-order valence-electron chi connectivity index (χ1n) is 4.94. The highest BCUT2D eigenvalue weighted by Crippen LogP contribution is 2.10. The third-order valence-electron chi connectivity index (χ3n) is 1.73. The number of carbonyl (C=O) groups excluding carboxylic acids is 1. The van der Waals surface area contributed by atoms with Crippen molar-refractivity contribution >= 4 is 5.97 Å². The van der Waals surface area contributed by atoms with Gasteiger partial charge in [0.15, 0.2) is 0 Å². The zero-order valence-corrected chi connectivity index (χ0v) is 8.97. The summed E-state index contributed by atoms with van der Waals surface area (Å²) >= 11 is 0. The lowest BCUT2D eigenvalue weighted by Gasteiger charge is -2.13. The van der Waals surface area contributed by atoms with Crippen LogP contribution in [0, 0.1) is 0 Å². The molecule has 0 N–H and O–H groups in total. The number of hydrogen-bond acceptors (Lipinski definition) is 4. The number of rotatable bonds is 5. The molecule has 1 heterocycles. The van der Waals surface area contributed by atoms with E-state index in [4.69, 9.17) is 9.47 Å². The second kappa shape index (κ2) is 6.01. The summed E-state index contributed by atoms with van der Waals surface area (Å²) in [5, 5.41) is 0.